The van der Waals surface area contributed by atoms with E-state index in [1.54, 1.807) is 24.4 Å². The molecule has 0 aliphatic rings. The van der Waals surface area contributed by atoms with E-state index in [0.717, 1.165) is 5.69 Å². The minimum absolute atomic E-state index is 0.192. The molecular formula is C12H10ClN3O2S. The number of esters is 1. The lowest BCUT2D eigenvalue weighted by atomic mass is 10.3. The molecule has 0 aliphatic carbocycles. The second-order valence-electron chi connectivity index (χ2n) is 3.58. The van der Waals surface area contributed by atoms with Gasteiger partial charge in [-0.2, -0.15) is 5.10 Å². The summed E-state index contributed by atoms with van der Waals surface area (Å²) in [6.07, 6.45) is 1.58. The molecule has 1 N–H and O–H groups in total. The van der Waals surface area contributed by atoms with Gasteiger partial charge >= 0.3 is 5.97 Å². The second kappa shape index (κ2) is 5.81. The Hall–Kier alpha value is -1.92. The number of methoxy groups -OCH3 is 1. The van der Waals surface area contributed by atoms with Crippen LogP contribution in [0.15, 0.2) is 36.5 Å². The van der Waals surface area contributed by atoms with Gasteiger partial charge in [0.2, 0.25) is 0 Å². The van der Waals surface area contributed by atoms with Crippen LogP contribution in [-0.4, -0.2) is 28.0 Å². The average Bonchev–Trinajstić information content (AvgIpc) is 2.87. The lowest BCUT2D eigenvalue weighted by Gasteiger charge is -2.07. The van der Waals surface area contributed by atoms with Gasteiger partial charge in [-0.05, 0) is 36.5 Å². The first-order chi connectivity index (χ1) is 9.10. The molecule has 0 amide bonds. The summed E-state index contributed by atoms with van der Waals surface area (Å²) in [7, 11) is 1.30. The van der Waals surface area contributed by atoms with E-state index in [1.807, 2.05) is 6.07 Å². The molecule has 0 fully saturated rings. The van der Waals surface area contributed by atoms with Gasteiger partial charge in [0.15, 0.2) is 10.8 Å². The lowest BCUT2D eigenvalue weighted by molar-refractivity contribution is 0.0593. The zero-order valence-electron chi connectivity index (χ0n) is 9.96. The zero-order chi connectivity index (χ0) is 13.8. The lowest BCUT2D eigenvalue weighted by Crippen LogP contribution is -2.20. The number of ether oxygens (including phenoxy) is 1. The van der Waals surface area contributed by atoms with Crippen molar-refractivity contribution in [2.75, 3.05) is 12.4 Å². The molecule has 7 heteroatoms. The van der Waals surface area contributed by atoms with E-state index < -0.39 is 5.97 Å². The molecule has 19 heavy (non-hydrogen) atoms. The summed E-state index contributed by atoms with van der Waals surface area (Å²) in [4.78, 5) is 11.3. The van der Waals surface area contributed by atoms with Crippen molar-refractivity contribution in [3.05, 3.63) is 47.2 Å². The Labute approximate surface area is 120 Å². The highest BCUT2D eigenvalue weighted by Gasteiger charge is 2.11. The summed E-state index contributed by atoms with van der Waals surface area (Å²) in [5.41, 5.74) is 0.936. The van der Waals surface area contributed by atoms with Gasteiger partial charge in [-0.15, -0.1) is 0 Å². The largest absolute Gasteiger partial charge is 0.464 e. The standard InChI is InChI=1S/C12H10ClN3O2S/c1-18-11(17)10-5-6-16(15-10)12(19)14-9-4-2-3-8(13)7-9/h2-7H,1H3,(H,14,19). The number of thiocarbonyl (C=S) groups is 1. The van der Waals surface area contributed by atoms with Crippen molar-refractivity contribution in [2.45, 2.75) is 0 Å². The van der Waals surface area contributed by atoms with Crippen LogP contribution < -0.4 is 5.32 Å². The van der Waals surface area contributed by atoms with E-state index in [9.17, 15) is 4.79 Å². The SMILES string of the molecule is COC(=O)c1ccn(C(=S)Nc2cccc(Cl)c2)n1. The van der Waals surface area contributed by atoms with Gasteiger partial charge in [0.25, 0.3) is 0 Å². The normalized spacial score (nSPS) is 10.0. The quantitative estimate of drug-likeness (QED) is 0.682. The van der Waals surface area contributed by atoms with Crippen LogP contribution in [0.2, 0.25) is 5.02 Å². The third-order valence-electron chi connectivity index (χ3n) is 2.27. The molecule has 1 aromatic carbocycles. The minimum Gasteiger partial charge on any atom is -0.464 e. The molecular weight excluding hydrogens is 286 g/mol. The van der Waals surface area contributed by atoms with Crippen LogP contribution in [0.1, 0.15) is 10.5 Å². The van der Waals surface area contributed by atoms with Crippen molar-refractivity contribution >= 4 is 40.6 Å². The van der Waals surface area contributed by atoms with E-state index in [0.29, 0.717) is 10.1 Å². The van der Waals surface area contributed by atoms with Gasteiger partial charge in [0.1, 0.15) is 0 Å². The zero-order valence-corrected chi connectivity index (χ0v) is 11.5. The fourth-order valence-electron chi connectivity index (χ4n) is 1.40. The van der Waals surface area contributed by atoms with Crippen LogP contribution >= 0.6 is 23.8 Å². The number of nitrogens with one attached hydrogen (secondary N) is 1. The van der Waals surface area contributed by atoms with Crippen LogP contribution in [0.4, 0.5) is 5.69 Å². The first kappa shape index (κ1) is 13.5. The number of carbonyl (C=O) groups excluding carboxylic acids is 1. The summed E-state index contributed by atoms with van der Waals surface area (Å²) >= 11 is 11.0. The summed E-state index contributed by atoms with van der Waals surface area (Å²) < 4.78 is 5.94. The monoisotopic (exact) mass is 295 g/mol. The number of hydrogen-bond acceptors (Lipinski definition) is 4. The highest BCUT2D eigenvalue weighted by atomic mass is 35.5. The van der Waals surface area contributed by atoms with Gasteiger partial charge in [0.05, 0.1) is 7.11 Å². The Morgan fingerprint density at radius 2 is 2.26 bits per heavy atom. The molecule has 0 radical (unpaired) electrons. The molecule has 1 heterocycles. The van der Waals surface area contributed by atoms with Crippen LogP contribution in [-0.2, 0) is 4.74 Å². The van der Waals surface area contributed by atoms with Crippen LogP contribution in [0.3, 0.4) is 0 Å². The maximum Gasteiger partial charge on any atom is 0.358 e. The molecule has 0 atom stereocenters. The molecule has 5 nitrogen and oxygen atoms in total. The number of halogens is 1. The Bertz CT molecular complexity index is 627. The Balaban J connectivity index is 2.12. The molecule has 2 rings (SSSR count). The highest BCUT2D eigenvalue weighted by molar-refractivity contribution is 7.80. The number of carbonyl (C=O) groups is 1. The molecule has 2 aromatic rings. The van der Waals surface area contributed by atoms with E-state index in [1.165, 1.54) is 17.9 Å². The number of nitrogens with zero attached hydrogens (tertiary/aromatic N) is 2. The number of rotatable bonds is 2. The molecule has 0 saturated heterocycles. The van der Waals surface area contributed by atoms with E-state index in [4.69, 9.17) is 23.8 Å². The topological polar surface area (TPSA) is 56.1 Å². The van der Waals surface area contributed by atoms with Crippen LogP contribution in [0.25, 0.3) is 0 Å². The fraction of sp³-hybridized carbons (Fsp3) is 0.0833. The summed E-state index contributed by atoms with van der Waals surface area (Å²) in [6.45, 7) is 0. The highest BCUT2D eigenvalue weighted by Crippen LogP contribution is 2.15. The van der Waals surface area contributed by atoms with Crippen molar-refractivity contribution in [1.29, 1.82) is 0 Å². The van der Waals surface area contributed by atoms with E-state index in [2.05, 4.69) is 15.2 Å². The molecule has 0 spiro atoms. The first-order valence-corrected chi connectivity index (χ1v) is 6.09. The van der Waals surface area contributed by atoms with Gasteiger partial charge in [-0.25, -0.2) is 9.48 Å². The van der Waals surface area contributed by atoms with Gasteiger partial charge < -0.3 is 10.1 Å². The number of anilines is 1. The predicted octanol–water partition coefficient (Wildman–Crippen LogP) is 2.57. The van der Waals surface area contributed by atoms with Gasteiger partial charge in [0, 0.05) is 16.9 Å². The van der Waals surface area contributed by atoms with Gasteiger partial charge in [-0.3, -0.25) is 0 Å². The van der Waals surface area contributed by atoms with Crippen molar-refractivity contribution in [1.82, 2.24) is 9.78 Å². The average molecular weight is 296 g/mol. The van der Waals surface area contributed by atoms with E-state index in [-0.39, 0.29) is 5.69 Å². The molecule has 0 unspecified atom stereocenters. The molecule has 98 valence electrons. The minimum atomic E-state index is -0.510. The van der Waals surface area contributed by atoms with Crippen molar-refractivity contribution < 1.29 is 9.53 Å². The Morgan fingerprint density at radius 3 is 2.95 bits per heavy atom. The number of hydrogen-bond donors (Lipinski definition) is 1. The molecule has 1 aromatic heterocycles. The fourth-order valence-corrected chi connectivity index (χ4v) is 1.81. The van der Waals surface area contributed by atoms with E-state index >= 15 is 0 Å². The van der Waals surface area contributed by atoms with Gasteiger partial charge in [-0.1, -0.05) is 17.7 Å². The smallest absolute Gasteiger partial charge is 0.358 e. The van der Waals surface area contributed by atoms with Crippen molar-refractivity contribution in [2.24, 2.45) is 0 Å². The Morgan fingerprint density at radius 1 is 1.47 bits per heavy atom. The molecule has 0 saturated carbocycles. The van der Waals surface area contributed by atoms with Crippen molar-refractivity contribution in [3.8, 4) is 0 Å². The predicted molar refractivity (Wildman–Crippen MR) is 76.6 cm³/mol. The first-order valence-electron chi connectivity index (χ1n) is 5.31. The van der Waals surface area contributed by atoms with Crippen molar-refractivity contribution in [3.63, 3.8) is 0 Å². The summed E-state index contributed by atoms with van der Waals surface area (Å²) in [6, 6.07) is 8.65. The third-order valence-corrected chi connectivity index (χ3v) is 2.79. The molecule has 0 bridgehead atoms. The number of aromatic nitrogens is 2. The maximum atomic E-state index is 11.3. The maximum absolute atomic E-state index is 11.3. The Kier molecular flexibility index (Phi) is 4.13. The summed E-state index contributed by atoms with van der Waals surface area (Å²) in [5.74, 6) is -0.510. The second-order valence-corrected chi connectivity index (χ2v) is 4.40. The summed E-state index contributed by atoms with van der Waals surface area (Å²) in [5, 5.41) is 7.90. The number of benzene rings is 1. The van der Waals surface area contributed by atoms with Crippen LogP contribution in [0.5, 0.6) is 0 Å². The molecule has 0 aliphatic heterocycles. The van der Waals surface area contributed by atoms with Crippen LogP contribution in [0, 0.1) is 0 Å². The third kappa shape index (κ3) is 3.30.